The fraction of sp³-hybridized carbons (Fsp3) is 0.360. The number of hydrogen-bond donors (Lipinski definition) is 3. The van der Waals surface area contributed by atoms with Gasteiger partial charge in [-0.2, -0.15) is 0 Å². The van der Waals surface area contributed by atoms with Crippen LogP contribution in [0.5, 0.6) is 0 Å². The number of rotatable bonds is 9. The molecule has 31 heavy (non-hydrogen) atoms. The number of β-amino-alcohol motifs (C(OH)–C–C–N with tert-alkyl or cyclic N) is 1. The number of carboxylic acid groups (broad SMARTS) is 1. The molecule has 0 spiro atoms. The number of nitrogens with one attached hydrogen (secondary N) is 1. The first kappa shape index (κ1) is 22.7. The minimum Gasteiger partial charge on any atom is -0.481 e. The largest absolute Gasteiger partial charge is 0.481 e. The standard InChI is InChI=1S/C25H31N3O3/c1-17-8-9-18(2)28(17)23-11-10-21(15-26-23)22(29)16-27-25(3,4)14-20-7-5-6-19(12-20)13-24(30)31/h5-12,15,22,27,29H,13-14,16H2,1-4H3,(H,30,31)/t22-/m1/s1. The average molecular weight is 422 g/mol. The van der Waals surface area contributed by atoms with E-state index >= 15 is 0 Å². The van der Waals surface area contributed by atoms with E-state index in [0.717, 1.165) is 40.3 Å². The molecular weight excluding hydrogens is 390 g/mol. The minimum absolute atomic E-state index is 0.0193. The number of nitrogens with zero attached hydrogens (tertiary/aromatic N) is 2. The molecule has 0 aliphatic carbocycles. The van der Waals surface area contributed by atoms with Crippen molar-refractivity contribution in [2.45, 2.75) is 52.2 Å². The quantitative estimate of drug-likeness (QED) is 0.490. The molecule has 2 aromatic heterocycles. The maximum atomic E-state index is 11.0. The number of pyridine rings is 1. The van der Waals surface area contributed by atoms with Crippen LogP contribution in [0, 0.1) is 13.8 Å². The van der Waals surface area contributed by atoms with E-state index in [-0.39, 0.29) is 12.0 Å². The monoisotopic (exact) mass is 421 g/mol. The first-order valence-corrected chi connectivity index (χ1v) is 10.5. The molecule has 3 aromatic rings. The summed E-state index contributed by atoms with van der Waals surface area (Å²) in [5.41, 5.74) is 4.59. The topological polar surface area (TPSA) is 87.4 Å². The normalized spacial score (nSPS) is 12.7. The molecule has 3 rings (SSSR count). The van der Waals surface area contributed by atoms with Crippen molar-refractivity contribution in [2.75, 3.05) is 6.54 Å². The van der Waals surface area contributed by atoms with Gasteiger partial charge in [0.2, 0.25) is 0 Å². The molecule has 0 unspecified atom stereocenters. The molecule has 0 saturated carbocycles. The number of aromatic nitrogens is 2. The molecular formula is C25H31N3O3. The lowest BCUT2D eigenvalue weighted by Gasteiger charge is -2.28. The van der Waals surface area contributed by atoms with Crippen molar-refractivity contribution < 1.29 is 15.0 Å². The van der Waals surface area contributed by atoms with Crippen LogP contribution in [-0.4, -0.2) is 37.8 Å². The van der Waals surface area contributed by atoms with Crippen LogP contribution in [0.1, 0.15) is 48.0 Å². The molecule has 0 radical (unpaired) electrons. The van der Waals surface area contributed by atoms with Crippen molar-refractivity contribution in [3.63, 3.8) is 0 Å². The van der Waals surface area contributed by atoms with E-state index in [1.165, 1.54) is 0 Å². The number of aliphatic hydroxyl groups is 1. The maximum Gasteiger partial charge on any atom is 0.307 e. The summed E-state index contributed by atoms with van der Waals surface area (Å²) >= 11 is 0. The Labute approximate surface area is 183 Å². The van der Waals surface area contributed by atoms with Gasteiger partial charge in [0, 0.05) is 35.2 Å². The second-order valence-electron chi connectivity index (χ2n) is 8.75. The molecule has 0 saturated heterocycles. The zero-order valence-corrected chi connectivity index (χ0v) is 18.6. The summed E-state index contributed by atoms with van der Waals surface area (Å²) in [5, 5.41) is 23.1. The van der Waals surface area contributed by atoms with Crippen molar-refractivity contribution in [1.82, 2.24) is 14.9 Å². The molecule has 3 N–H and O–H groups in total. The van der Waals surface area contributed by atoms with Crippen LogP contribution in [0.15, 0.2) is 54.7 Å². The van der Waals surface area contributed by atoms with E-state index < -0.39 is 12.1 Å². The Morgan fingerprint density at radius 2 is 1.77 bits per heavy atom. The van der Waals surface area contributed by atoms with E-state index in [2.05, 4.69) is 40.8 Å². The van der Waals surface area contributed by atoms with Crippen LogP contribution in [0.3, 0.4) is 0 Å². The third-order valence-electron chi connectivity index (χ3n) is 5.42. The lowest BCUT2D eigenvalue weighted by molar-refractivity contribution is -0.136. The van der Waals surface area contributed by atoms with Crippen molar-refractivity contribution >= 4 is 5.97 Å². The smallest absolute Gasteiger partial charge is 0.307 e. The SMILES string of the molecule is Cc1ccc(C)n1-c1ccc([C@H](O)CNC(C)(C)Cc2cccc(CC(=O)O)c2)cn1. The van der Waals surface area contributed by atoms with E-state index in [9.17, 15) is 9.90 Å². The Morgan fingerprint density at radius 1 is 1.10 bits per heavy atom. The molecule has 0 aliphatic heterocycles. The number of aliphatic carboxylic acids is 1. The van der Waals surface area contributed by atoms with Crippen LogP contribution < -0.4 is 5.32 Å². The summed E-state index contributed by atoms with van der Waals surface area (Å²) in [6.45, 7) is 8.62. The zero-order valence-electron chi connectivity index (χ0n) is 18.6. The first-order chi connectivity index (χ1) is 14.6. The van der Waals surface area contributed by atoms with Gasteiger partial charge in [-0.05, 0) is 63.4 Å². The summed E-state index contributed by atoms with van der Waals surface area (Å²) in [7, 11) is 0. The van der Waals surface area contributed by atoms with Gasteiger partial charge in [0.05, 0.1) is 12.5 Å². The molecule has 164 valence electrons. The molecule has 6 nitrogen and oxygen atoms in total. The summed E-state index contributed by atoms with van der Waals surface area (Å²) < 4.78 is 2.08. The van der Waals surface area contributed by atoms with Gasteiger partial charge in [0.15, 0.2) is 0 Å². The zero-order chi connectivity index (χ0) is 22.6. The predicted molar refractivity (Wildman–Crippen MR) is 122 cm³/mol. The first-order valence-electron chi connectivity index (χ1n) is 10.5. The summed E-state index contributed by atoms with van der Waals surface area (Å²) in [5.74, 6) is 0.00450. The Hall–Kier alpha value is -2.96. The van der Waals surface area contributed by atoms with Crippen molar-refractivity contribution in [3.8, 4) is 5.82 Å². The van der Waals surface area contributed by atoms with Crippen LogP contribution in [-0.2, 0) is 17.6 Å². The van der Waals surface area contributed by atoms with E-state index in [0.29, 0.717) is 6.54 Å². The molecule has 0 fully saturated rings. The van der Waals surface area contributed by atoms with Crippen molar-refractivity contribution in [2.24, 2.45) is 0 Å². The van der Waals surface area contributed by atoms with Gasteiger partial charge in [-0.3, -0.25) is 4.79 Å². The molecule has 0 bridgehead atoms. The number of aryl methyl sites for hydroxylation is 2. The molecule has 0 aliphatic rings. The summed E-state index contributed by atoms with van der Waals surface area (Å²) in [6.07, 6.45) is 1.79. The van der Waals surface area contributed by atoms with Gasteiger partial charge in [0.1, 0.15) is 5.82 Å². The van der Waals surface area contributed by atoms with Gasteiger partial charge in [0.25, 0.3) is 0 Å². The van der Waals surface area contributed by atoms with Crippen molar-refractivity contribution in [1.29, 1.82) is 0 Å². The second kappa shape index (κ2) is 9.45. The van der Waals surface area contributed by atoms with Crippen LogP contribution >= 0.6 is 0 Å². The maximum absolute atomic E-state index is 11.0. The Morgan fingerprint density at radius 3 is 2.39 bits per heavy atom. The van der Waals surface area contributed by atoms with Crippen LogP contribution in [0.2, 0.25) is 0 Å². The van der Waals surface area contributed by atoms with Crippen LogP contribution in [0.25, 0.3) is 5.82 Å². The van der Waals surface area contributed by atoms with Crippen LogP contribution in [0.4, 0.5) is 0 Å². The average Bonchev–Trinajstić information content (AvgIpc) is 3.04. The van der Waals surface area contributed by atoms with E-state index in [4.69, 9.17) is 5.11 Å². The number of aliphatic hydroxyl groups excluding tert-OH is 1. The molecule has 6 heteroatoms. The third kappa shape index (κ3) is 6.03. The fourth-order valence-corrected chi connectivity index (χ4v) is 3.84. The summed E-state index contributed by atoms with van der Waals surface area (Å²) in [4.78, 5) is 15.5. The molecule has 1 aromatic carbocycles. The molecule has 1 atom stereocenters. The van der Waals surface area contributed by atoms with Crippen molar-refractivity contribution in [3.05, 3.63) is 82.8 Å². The van der Waals surface area contributed by atoms with Gasteiger partial charge < -0.3 is 20.1 Å². The predicted octanol–water partition coefficient (Wildman–Crippen LogP) is 3.76. The molecule has 2 heterocycles. The highest BCUT2D eigenvalue weighted by molar-refractivity contribution is 5.70. The minimum atomic E-state index is -0.834. The van der Waals surface area contributed by atoms with E-state index in [1.807, 2.05) is 50.2 Å². The Kier molecular flexibility index (Phi) is 6.93. The highest BCUT2D eigenvalue weighted by atomic mass is 16.4. The Balaban J connectivity index is 1.60. The van der Waals surface area contributed by atoms with E-state index in [1.54, 1.807) is 6.20 Å². The van der Waals surface area contributed by atoms with Gasteiger partial charge >= 0.3 is 5.97 Å². The second-order valence-corrected chi connectivity index (χ2v) is 8.75. The van der Waals surface area contributed by atoms with Gasteiger partial charge in [-0.15, -0.1) is 0 Å². The number of hydrogen-bond acceptors (Lipinski definition) is 4. The van der Waals surface area contributed by atoms with Gasteiger partial charge in [-0.25, -0.2) is 4.98 Å². The number of carbonyl (C=O) groups is 1. The number of carboxylic acids is 1. The van der Waals surface area contributed by atoms with Gasteiger partial charge in [-0.1, -0.05) is 30.3 Å². The Bertz CT molecular complexity index is 1020. The summed E-state index contributed by atoms with van der Waals surface area (Å²) in [6, 6.07) is 15.6. The highest BCUT2D eigenvalue weighted by Crippen LogP contribution is 2.19. The number of benzene rings is 1. The fourth-order valence-electron chi connectivity index (χ4n) is 3.84. The highest BCUT2D eigenvalue weighted by Gasteiger charge is 2.20. The lowest BCUT2D eigenvalue weighted by Crippen LogP contribution is -2.43. The molecule has 0 amide bonds. The third-order valence-corrected chi connectivity index (χ3v) is 5.42. The lowest BCUT2D eigenvalue weighted by atomic mass is 9.93.